The summed E-state index contributed by atoms with van der Waals surface area (Å²) in [5.74, 6) is -0.501. The van der Waals surface area contributed by atoms with E-state index in [1.165, 1.54) is 7.11 Å². The molecule has 0 amide bonds. The molecule has 1 aliphatic heterocycles. The molecule has 198 valence electrons. The lowest BCUT2D eigenvalue weighted by atomic mass is 9.97. The zero-order chi connectivity index (χ0) is 25.7. The molecule has 0 aromatic heterocycles. The number of hydrogen-bond donors (Lipinski definition) is 1. The van der Waals surface area contributed by atoms with Gasteiger partial charge in [-0.25, -0.2) is 0 Å². The Bertz CT molecular complexity index is 745. The normalized spacial score (nSPS) is 22.2. The first-order valence-electron chi connectivity index (χ1n) is 12.6. The number of aliphatic hydroxyl groups is 1. The van der Waals surface area contributed by atoms with E-state index in [0.717, 1.165) is 44.1 Å². The number of ether oxygens (including phenoxy) is 5. The van der Waals surface area contributed by atoms with Crippen LogP contribution in [-0.4, -0.2) is 62.0 Å². The number of esters is 2. The molecule has 0 saturated carbocycles. The van der Waals surface area contributed by atoms with Crippen molar-refractivity contribution in [3.05, 3.63) is 35.9 Å². The van der Waals surface area contributed by atoms with E-state index in [2.05, 4.69) is 4.74 Å². The van der Waals surface area contributed by atoms with Crippen molar-refractivity contribution >= 4 is 11.9 Å². The van der Waals surface area contributed by atoms with Crippen molar-refractivity contribution in [2.75, 3.05) is 20.3 Å². The van der Waals surface area contributed by atoms with Gasteiger partial charge in [0, 0.05) is 13.0 Å². The van der Waals surface area contributed by atoms with Gasteiger partial charge >= 0.3 is 11.9 Å². The Morgan fingerprint density at radius 3 is 2.29 bits per heavy atom. The predicted molar refractivity (Wildman–Crippen MR) is 130 cm³/mol. The van der Waals surface area contributed by atoms with E-state index >= 15 is 0 Å². The molecule has 1 aromatic carbocycles. The molecule has 8 heteroatoms. The van der Waals surface area contributed by atoms with Crippen LogP contribution in [0.2, 0.25) is 0 Å². The lowest BCUT2D eigenvalue weighted by Crippen LogP contribution is -2.38. The standard InChI is InChI=1S/C27H42O8/c1-27(2,3)26(30)34-19-21-24(33-18-20-14-10-9-11-15-20)23(29)25(35-21)32-17-13-8-6-5-7-12-16-22(28)31-4/h9-11,14-15,21,23-25,29H,5-8,12-13,16-19H2,1-4H3/t21-,23+,24-,25+/m1/s1. The van der Waals surface area contributed by atoms with E-state index in [1.54, 1.807) is 20.8 Å². The smallest absolute Gasteiger partial charge is 0.311 e. The van der Waals surface area contributed by atoms with Crippen molar-refractivity contribution in [3.63, 3.8) is 0 Å². The van der Waals surface area contributed by atoms with Crippen molar-refractivity contribution < 1.29 is 38.4 Å². The summed E-state index contributed by atoms with van der Waals surface area (Å²) in [5.41, 5.74) is 0.341. The van der Waals surface area contributed by atoms with Gasteiger partial charge in [-0.15, -0.1) is 0 Å². The highest BCUT2D eigenvalue weighted by Crippen LogP contribution is 2.27. The van der Waals surface area contributed by atoms with E-state index in [-0.39, 0.29) is 18.5 Å². The van der Waals surface area contributed by atoms with Crippen LogP contribution < -0.4 is 0 Å². The van der Waals surface area contributed by atoms with Gasteiger partial charge < -0.3 is 28.8 Å². The molecule has 1 aliphatic rings. The van der Waals surface area contributed by atoms with Crippen LogP contribution in [0.1, 0.15) is 71.3 Å². The molecular weight excluding hydrogens is 452 g/mol. The van der Waals surface area contributed by atoms with Crippen molar-refractivity contribution in [1.82, 2.24) is 0 Å². The molecule has 1 heterocycles. The monoisotopic (exact) mass is 494 g/mol. The number of carbonyl (C=O) groups excluding carboxylic acids is 2. The predicted octanol–water partition coefficient (Wildman–Crippen LogP) is 4.17. The van der Waals surface area contributed by atoms with Gasteiger partial charge in [0.05, 0.1) is 19.1 Å². The number of aliphatic hydroxyl groups excluding tert-OH is 1. The Balaban J connectivity index is 1.77. The highest BCUT2D eigenvalue weighted by Gasteiger charge is 2.46. The molecule has 1 aromatic rings. The van der Waals surface area contributed by atoms with Crippen molar-refractivity contribution in [3.8, 4) is 0 Å². The average molecular weight is 495 g/mol. The number of benzene rings is 1. The Labute approximate surface area is 209 Å². The maximum atomic E-state index is 12.2. The molecule has 0 unspecified atom stereocenters. The summed E-state index contributed by atoms with van der Waals surface area (Å²) >= 11 is 0. The zero-order valence-electron chi connectivity index (χ0n) is 21.6. The SMILES string of the molecule is COC(=O)CCCCCCCCO[C@H]1O[C@H](COC(=O)C(C)(C)C)[C@@H](OCc2ccccc2)[C@@H]1O. The number of methoxy groups -OCH3 is 1. The molecule has 0 bridgehead atoms. The first kappa shape index (κ1) is 29.2. The van der Waals surface area contributed by atoms with Crippen LogP contribution in [0.25, 0.3) is 0 Å². The Morgan fingerprint density at radius 1 is 0.971 bits per heavy atom. The molecular formula is C27H42O8. The molecule has 1 saturated heterocycles. The van der Waals surface area contributed by atoms with Gasteiger partial charge in [-0.1, -0.05) is 56.0 Å². The lowest BCUT2D eigenvalue weighted by molar-refractivity contribution is -0.179. The molecule has 0 aliphatic carbocycles. The molecule has 1 fully saturated rings. The van der Waals surface area contributed by atoms with Crippen LogP contribution >= 0.6 is 0 Å². The fourth-order valence-electron chi connectivity index (χ4n) is 3.70. The fourth-order valence-corrected chi connectivity index (χ4v) is 3.70. The van der Waals surface area contributed by atoms with Crippen LogP contribution in [0.15, 0.2) is 30.3 Å². The maximum absolute atomic E-state index is 12.2. The number of hydrogen-bond acceptors (Lipinski definition) is 8. The Morgan fingerprint density at radius 2 is 1.63 bits per heavy atom. The second-order valence-electron chi connectivity index (χ2n) is 9.96. The minimum atomic E-state index is -0.990. The lowest BCUT2D eigenvalue weighted by Gasteiger charge is -2.22. The number of rotatable bonds is 15. The highest BCUT2D eigenvalue weighted by atomic mass is 16.7. The fraction of sp³-hybridized carbons (Fsp3) is 0.704. The molecule has 4 atom stereocenters. The number of carbonyl (C=O) groups is 2. The summed E-state index contributed by atoms with van der Waals surface area (Å²) in [6.07, 6.45) is 3.10. The first-order chi connectivity index (χ1) is 16.7. The molecule has 8 nitrogen and oxygen atoms in total. The third-order valence-corrected chi connectivity index (χ3v) is 5.85. The van der Waals surface area contributed by atoms with Gasteiger partial charge in [-0.3, -0.25) is 9.59 Å². The Hall–Kier alpha value is -2.00. The molecule has 35 heavy (non-hydrogen) atoms. The summed E-state index contributed by atoms with van der Waals surface area (Å²) in [5, 5.41) is 10.8. The summed E-state index contributed by atoms with van der Waals surface area (Å²) in [4.78, 5) is 23.3. The van der Waals surface area contributed by atoms with Gasteiger partial charge in [0.25, 0.3) is 0 Å². The second-order valence-corrected chi connectivity index (χ2v) is 9.96. The van der Waals surface area contributed by atoms with Crippen LogP contribution in [0.5, 0.6) is 0 Å². The van der Waals surface area contributed by atoms with Crippen molar-refractivity contribution in [1.29, 1.82) is 0 Å². The third-order valence-electron chi connectivity index (χ3n) is 5.85. The van der Waals surface area contributed by atoms with Crippen molar-refractivity contribution in [2.24, 2.45) is 5.41 Å². The Kier molecular flexibility index (Phi) is 12.7. The van der Waals surface area contributed by atoms with Gasteiger partial charge in [-0.05, 0) is 39.2 Å². The minimum absolute atomic E-state index is 0.0158. The van der Waals surface area contributed by atoms with E-state index < -0.39 is 30.0 Å². The quantitative estimate of drug-likeness (QED) is 0.286. The van der Waals surface area contributed by atoms with Gasteiger partial charge in [0.2, 0.25) is 0 Å². The van der Waals surface area contributed by atoms with E-state index in [9.17, 15) is 14.7 Å². The molecule has 2 rings (SSSR count). The third kappa shape index (κ3) is 10.7. The summed E-state index contributed by atoms with van der Waals surface area (Å²) in [6, 6.07) is 9.67. The van der Waals surface area contributed by atoms with Gasteiger partial charge in [-0.2, -0.15) is 0 Å². The molecule has 0 spiro atoms. The second kappa shape index (κ2) is 15.2. The minimum Gasteiger partial charge on any atom is -0.469 e. The van der Waals surface area contributed by atoms with E-state index in [0.29, 0.717) is 19.6 Å². The molecule has 1 N–H and O–H groups in total. The largest absolute Gasteiger partial charge is 0.469 e. The molecule has 0 radical (unpaired) electrons. The van der Waals surface area contributed by atoms with Crippen LogP contribution in [0.4, 0.5) is 0 Å². The van der Waals surface area contributed by atoms with Crippen molar-refractivity contribution in [2.45, 2.75) is 96.9 Å². The van der Waals surface area contributed by atoms with Gasteiger partial charge in [0.1, 0.15) is 24.9 Å². The maximum Gasteiger partial charge on any atom is 0.311 e. The van der Waals surface area contributed by atoms with Gasteiger partial charge in [0.15, 0.2) is 6.29 Å². The number of unbranched alkanes of at least 4 members (excludes halogenated alkanes) is 5. The first-order valence-corrected chi connectivity index (χ1v) is 12.6. The average Bonchev–Trinajstić information content (AvgIpc) is 3.13. The van der Waals surface area contributed by atoms with E-state index in [4.69, 9.17) is 18.9 Å². The van der Waals surface area contributed by atoms with Crippen LogP contribution in [0.3, 0.4) is 0 Å². The highest BCUT2D eigenvalue weighted by molar-refractivity contribution is 5.75. The summed E-state index contributed by atoms with van der Waals surface area (Å²) in [7, 11) is 1.41. The van der Waals surface area contributed by atoms with E-state index in [1.807, 2.05) is 30.3 Å². The summed E-state index contributed by atoms with van der Waals surface area (Å²) in [6.45, 7) is 6.09. The van der Waals surface area contributed by atoms with Crippen LogP contribution in [-0.2, 0) is 39.9 Å². The zero-order valence-corrected chi connectivity index (χ0v) is 21.6. The van der Waals surface area contributed by atoms with Crippen LogP contribution in [0, 0.1) is 5.41 Å². The topological polar surface area (TPSA) is 101 Å². The summed E-state index contributed by atoms with van der Waals surface area (Å²) < 4.78 is 27.8.